The third-order valence-electron chi connectivity index (χ3n) is 1.03. The molecular formula is C10H21NO3. The lowest BCUT2D eigenvalue weighted by atomic mass is 10.1. The van der Waals surface area contributed by atoms with Crippen LogP contribution < -0.4 is 5.32 Å². The molecule has 0 spiro atoms. The van der Waals surface area contributed by atoms with E-state index in [1.807, 2.05) is 13.8 Å². The summed E-state index contributed by atoms with van der Waals surface area (Å²) in [5.74, 6) is -0.951. The van der Waals surface area contributed by atoms with Gasteiger partial charge in [0.1, 0.15) is 6.54 Å². The van der Waals surface area contributed by atoms with E-state index in [9.17, 15) is 9.59 Å². The number of rotatable bonds is 4. The van der Waals surface area contributed by atoms with Crippen molar-refractivity contribution in [3.05, 3.63) is 0 Å². The third-order valence-corrected chi connectivity index (χ3v) is 1.03. The minimum absolute atomic E-state index is 0.206. The highest BCUT2D eigenvalue weighted by molar-refractivity contribution is 5.81. The summed E-state index contributed by atoms with van der Waals surface area (Å²) >= 11 is 0. The van der Waals surface area contributed by atoms with Crippen molar-refractivity contribution >= 4 is 11.9 Å². The molecule has 0 radical (unpaired) electrons. The number of nitrogens with one attached hydrogen (secondary N) is 1. The van der Waals surface area contributed by atoms with Crippen molar-refractivity contribution in [3.63, 3.8) is 0 Å². The first kappa shape index (κ1) is 15.4. The summed E-state index contributed by atoms with van der Waals surface area (Å²) in [5, 5.41) is 10.5. The lowest BCUT2D eigenvalue weighted by molar-refractivity contribution is -0.138. The number of carbonyl (C=O) groups is 2. The SMILES string of the molecule is CC(C)CC(=O)NCC(=O)O.CCC. The van der Waals surface area contributed by atoms with Crippen LogP contribution in [0.15, 0.2) is 0 Å². The smallest absolute Gasteiger partial charge is 0.322 e. The Morgan fingerprint density at radius 2 is 1.71 bits per heavy atom. The van der Waals surface area contributed by atoms with E-state index in [-0.39, 0.29) is 18.4 Å². The van der Waals surface area contributed by atoms with Crippen LogP contribution in [0.5, 0.6) is 0 Å². The van der Waals surface area contributed by atoms with E-state index in [1.54, 1.807) is 0 Å². The second kappa shape index (κ2) is 10.0. The van der Waals surface area contributed by atoms with Gasteiger partial charge in [0.25, 0.3) is 0 Å². The van der Waals surface area contributed by atoms with Gasteiger partial charge >= 0.3 is 5.97 Å². The molecule has 1 amide bonds. The fraction of sp³-hybridized carbons (Fsp3) is 0.800. The highest BCUT2D eigenvalue weighted by Gasteiger charge is 2.05. The van der Waals surface area contributed by atoms with Crippen molar-refractivity contribution in [2.45, 2.75) is 40.5 Å². The average Bonchev–Trinajstić information content (AvgIpc) is 2.01. The standard InChI is InChI=1S/C7H13NO3.C3H8/c1-5(2)3-6(9)8-4-7(10)11;1-3-2/h5H,3-4H2,1-2H3,(H,8,9)(H,10,11);3H2,1-2H3. The summed E-state index contributed by atoms with van der Waals surface area (Å²) in [6.07, 6.45) is 1.63. The van der Waals surface area contributed by atoms with Crippen LogP contribution in [0.4, 0.5) is 0 Å². The van der Waals surface area contributed by atoms with Gasteiger partial charge in [-0.05, 0) is 5.92 Å². The van der Waals surface area contributed by atoms with Crippen LogP contribution in [0, 0.1) is 5.92 Å². The highest BCUT2D eigenvalue weighted by atomic mass is 16.4. The lowest BCUT2D eigenvalue weighted by Crippen LogP contribution is -2.29. The zero-order valence-corrected chi connectivity index (χ0v) is 9.46. The molecule has 0 rings (SSSR count). The summed E-state index contributed by atoms with van der Waals surface area (Å²) in [6.45, 7) is 7.77. The van der Waals surface area contributed by atoms with E-state index in [0.717, 1.165) is 0 Å². The second-order valence-electron chi connectivity index (χ2n) is 3.48. The van der Waals surface area contributed by atoms with Crippen LogP contribution in [0.1, 0.15) is 40.5 Å². The van der Waals surface area contributed by atoms with Crippen LogP contribution in [0.3, 0.4) is 0 Å². The van der Waals surface area contributed by atoms with Gasteiger partial charge in [-0.1, -0.05) is 34.1 Å². The molecule has 0 aromatic carbocycles. The molecule has 0 heterocycles. The predicted molar refractivity (Wildman–Crippen MR) is 56.1 cm³/mol. The van der Waals surface area contributed by atoms with Gasteiger partial charge in [0.2, 0.25) is 5.91 Å². The number of carboxylic acid groups (broad SMARTS) is 1. The van der Waals surface area contributed by atoms with Gasteiger partial charge in [0.05, 0.1) is 0 Å². The topological polar surface area (TPSA) is 66.4 Å². The first-order valence-corrected chi connectivity index (χ1v) is 4.92. The highest BCUT2D eigenvalue weighted by Crippen LogP contribution is 1.97. The van der Waals surface area contributed by atoms with E-state index in [0.29, 0.717) is 6.42 Å². The quantitative estimate of drug-likeness (QED) is 0.730. The maximum Gasteiger partial charge on any atom is 0.322 e. The average molecular weight is 203 g/mol. The fourth-order valence-corrected chi connectivity index (χ4v) is 0.617. The number of hydrogen-bond acceptors (Lipinski definition) is 2. The molecule has 14 heavy (non-hydrogen) atoms. The van der Waals surface area contributed by atoms with E-state index in [2.05, 4.69) is 19.2 Å². The molecule has 0 bridgehead atoms. The Kier molecular flexibility index (Phi) is 11.0. The van der Waals surface area contributed by atoms with Gasteiger partial charge in [-0.3, -0.25) is 9.59 Å². The van der Waals surface area contributed by atoms with Crippen molar-refractivity contribution < 1.29 is 14.7 Å². The van der Waals surface area contributed by atoms with Crippen molar-refractivity contribution in [2.24, 2.45) is 5.92 Å². The molecule has 0 saturated carbocycles. The van der Waals surface area contributed by atoms with Crippen LogP contribution in [0.25, 0.3) is 0 Å². The molecule has 0 aliphatic heterocycles. The maximum atomic E-state index is 10.8. The van der Waals surface area contributed by atoms with Crippen LogP contribution in [0.2, 0.25) is 0 Å². The van der Waals surface area contributed by atoms with E-state index in [1.165, 1.54) is 6.42 Å². The lowest BCUT2D eigenvalue weighted by Gasteiger charge is -2.03. The normalized spacial score (nSPS) is 8.93. The molecule has 4 heteroatoms. The first-order chi connectivity index (χ1) is 6.43. The minimum atomic E-state index is -1.01. The Morgan fingerprint density at radius 3 is 2.00 bits per heavy atom. The number of hydrogen-bond donors (Lipinski definition) is 2. The van der Waals surface area contributed by atoms with E-state index in [4.69, 9.17) is 5.11 Å². The zero-order valence-electron chi connectivity index (χ0n) is 9.46. The minimum Gasteiger partial charge on any atom is -0.480 e. The fourth-order valence-electron chi connectivity index (χ4n) is 0.617. The summed E-state index contributed by atoms with van der Waals surface area (Å²) < 4.78 is 0. The van der Waals surface area contributed by atoms with Crippen molar-refractivity contribution in [1.82, 2.24) is 5.32 Å². The van der Waals surface area contributed by atoms with Gasteiger partial charge < -0.3 is 10.4 Å². The summed E-state index contributed by atoms with van der Waals surface area (Å²) in [5.41, 5.74) is 0. The largest absolute Gasteiger partial charge is 0.480 e. The van der Waals surface area contributed by atoms with E-state index >= 15 is 0 Å². The Bertz CT molecular complexity index is 167. The van der Waals surface area contributed by atoms with Crippen LogP contribution in [-0.4, -0.2) is 23.5 Å². The van der Waals surface area contributed by atoms with Crippen molar-refractivity contribution in [2.75, 3.05) is 6.54 Å². The molecule has 0 aromatic heterocycles. The molecule has 0 saturated heterocycles. The van der Waals surface area contributed by atoms with Crippen molar-refractivity contribution in [1.29, 1.82) is 0 Å². The Labute approximate surface area is 85.7 Å². The van der Waals surface area contributed by atoms with E-state index < -0.39 is 5.97 Å². The van der Waals surface area contributed by atoms with Crippen LogP contribution >= 0.6 is 0 Å². The molecule has 84 valence electrons. The number of carboxylic acids is 1. The molecule has 0 unspecified atom stereocenters. The van der Waals surface area contributed by atoms with Crippen LogP contribution in [-0.2, 0) is 9.59 Å². The molecule has 0 aliphatic carbocycles. The van der Waals surface area contributed by atoms with Crippen molar-refractivity contribution in [3.8, 4) is 0 Å². The molecule has 0 fully saturated rings. The maximum absolute atomic E-state index is 10.8. The van der Waals surface area contributed by atoms with Gasteiger partial charge in [0.15, 0.2) is 0 Å². The molecule has 0 aromatic rings. The molecular weight excluding hydrogens is 182 g/mol. The molecule has 0 aliphatic rings. The third kappa shape index (κ3) is 17.1. The van der Waals surface area contributed by atoms with Gasteiger partial charge in [-0.15, -0.1) is 0 Å². The molecule has 2 N–H and O–H groups in total. The predicted octanol–water partition coefficient (Wildman–Crippen LogP) is 1.65. The zero-order chi connectivity index (χ0) is 11.6. The number of carbonyl (C=O) groups excluding carboxylic acids is 1. The monoisotopic (exact) mass is 203 g/mol. The number of amides is 1. The summed E-state index contributed by atoms with van der Waals surface area (Å²) in [6, 6.07) is 0. The summed E-state index contributed by atoms with van der Waals surface area (Å²) in [4.78, 5) is 20.8. The van der Waals surface area contributed by atoms with Gasteiger partial charge in [-0.25, -0.2) is 0 Å². The Balaban J connectivity index is 0. The van der Waals surface area contributed by atoms with Gasteiger partial charge in [0, 0.05) is 6.42 Å². The number of aliphatic carboxylic acids is 1. The first-order valence-electron chi connectivity index (χ1n) is 4.92. The second-order valence-corrected chi connectivity index (χ2v) is 3.48. The molecule has 4 nitrogen and oxygen atoms in total. The Hall–Kier alpha value is -1.06. The Morgan fingerprint density at radius 1 is 1.29 bits per heavy atom. The molecule has 0 atom stereocenters. The van der Waals surface area contributed by atoms with Gasteiger partial charge in [-0.2, -0.15) is 0 Å². The summed E-state index contributed by atoms with van der Waals surface area (Å²) in [7, 11) is 0.